The number of anilines is 1. The third kappa shape index (κ3) is 2.92. The molecule has 0 bridgehead atoms. The summed E-state index contributed by atoms with van der Waals surface area (Å²) in [5.74, 6) is -0.383. The Morgan fingerprint density at radius 3 is 2.27 bits per heavy atom. The van der Waals surface area contributed by atoms with Crippen LogP contribution in [0.1, 0.15) is 6.92 Å². The largest absolute Gasteiger partial charge is 0.270 e. The first kappa shape index (κ1) is 12.4. The van der Waals surface area contributed by atoms with E-state index in [1.807, 2.05) is 0 Å². The fraction of sp³-hybridized carbons (Fsp3) is 0.333. The molecule has 84 valence electrons. The van der Waals surface area contributed by atoms with Crippen LogP contribution in [0.15, 0.2) is 24.3 Å². The molecule has 3 nitrogen and oxygen atoms in total. The van der Waals surface area contributed by atoms with Gasteiger partial charge in [-0.3, -0.25) is 4.31 Å². The first-order chi connectivity index (χ1) is 7.01. The van der Waals surface area contributed by atoms with E-state index in [1.54, 1.807) is 6.92 Å². The fourth-order valence-electron chi connectivity index (χ4n) is 1.21. The van der Waals surface area contributed by atoms with E-state index in [-0.39, 0.29) is 10.5 Å². The standard InChI is InChI=1S/C9H11BrFNO2S/c1-2-12(15(13,14)7-10)9-5-3-8(11)4-6-9/h3-6H,2,7H2,1H3. The van der Waals surface area contributed by atoms with Crippen molar-refractivity contribution < 1.29 is 12.8 Å². The van der Waals surface area contributed by atoms with Crippen LogP contribution in [0.2, 0.25) is 0 Å². The van der Waals surface area contributed by atoms with Crippen molar-refractivity contribution in [3.05, 3.63) is 30.1 Å². The third-order valence-corrected chi connectivity index (χ3v) is 5.03. The number of alkyl halides is 1. The summed E-state index contributed by atoms with van der Waals surface area (Å²) >= 11 is 2.92. The molecule has 0 spiro atoms. The van der Waals surface area contributed by atoms with Crippen LogP contribution in [0, 0.1) is 5.82 Å². The van der Waals surface area contributed by atoms with Crippen molar-refractivity contribution in [2.45, 2.75) is 6.92 Å². The highest BCUT2D eigenvalue weighted by atomic mass is 79.9. The Morgan fingerprint density at radius 1 is 1.33 bits per heavy atom. The van der Waals surface area contributed by atoms with Crippen LogP contribution in [0.3, 0.4) is 0 Å². The number of halogens is 2. The second kappa shape index (κ2) is 4.94. The van der Waals surface area contributed by atoms with Crippen LogP contribution in [-0.4, -0.2) is 19.6 Å². The van der Waals surface area contributed by atoms with Gasteiger partial charge in [-0.15, -0.1) is 0 Å². The van der Waals surface area contributed by atoms with E-state index in [0.717, 1.165) is 0 Å². The topological polar surface area (TPSA) is 37.4 Å². The molecule has 0 saturated heterocycles. The molecule has 1 aromatic carbocycles. The van der Waals surface area contributed by atoms with Gasteiger partial charge >= 0.3 is 0 Å². The van der Waals surface area contributed by atoms with Gasteiger partial charge in [0.15, 0.2) is 0 Å². The molecule has 0 aliphatic rings. The highest BCUT2D eigenvalue weighted by Gasteiger charge is 2.19. The molecule has 0 saturated carbocycles. The summed E-state index contributed by atoms with van der Waals surface area (Å²) in [7, 11) is -3.35. The summed E-state index contributed by atoms with van der Waals surface area (Å²) in [5.41, 5.74) is 0.471. The lowest BCUT2D eigenvalue weighted by molar-refractivity contribution is 0.596. The highest BCUT2D eigenvalue weighted by Crippen LogP contribution is 2.19. The lowest BCUT2D eigenvalue weighted by Gasteiger charge is -2.21. The summed E-state index contributed by atoms with van der Waals surface area (Å²) in [6.45, 7) is 2.04. The summed E-state index contributed by atoms with van der Waals surface area (Å²) in [4.78, 5) is 0. The summed E-state index contributed by atoms with van der Waals surface area (Å²) < 4.78 is 36.9. The van der Waals surface area contributed by atoms with E-state index in [1.165, 1.54) is 28.6 Å². The van der Waals surface area contributed by atoms with E-state index in [0.29, 0.717) is 12.2 Å². The molecule has 6 heteroatoms. The molecule has 0 radical (unpaired) electrons. The van der Waals surface area contributed by atoms with Crippen LogP contribution < -0.4 is 4.31 Å². The Morgan fingerprint density at radius 2 is 1.87 bits per heavy atom. The number of hydrogen-bond donors (Lipinski definition) is 0. The van der Waals surface area contributed by atoms with E-state index >= 15 is 0 Å². The van der Waals surface area contributed by atoms with Crippen molar-refractivity contribution in [2.24, 2.45) is 0 Å². The van der Waals surface area contributed by atoms with Gasteiger partial charge < -0.3 is 0 Å². The van der Waals surface area contributed by atoms with E-state index in [9.17, 15) is 12.8 Å². The minimum Gasteiger partial charge on any atom is -0.270 e. The number of sulfonamides is 1. The van der Waals surface area contributed by atoms with Gasteiger partial charge in [0, 0.05) is 6.54 Å². The van der Waals surface area contributed by atoms with Crippen molar-refractivity contribution in [3.63, 3.8) is 0 Å². The molecular formula is C9H11BrFNO2S. The Bertz CT molecular complexity index is 418. The Balaban J connectivity index is 3.09. The molecule has 0 heterocycles. The fourth-order valence-corrected chi connectivity index (χ4v) is 2.90. The second-order valence-corrected chi connectivity index (χ2v) is 6.06. The zero-order valence-corrected chi connectivity index (χ0v) is 10.6. The maximum atomic E-state index is 12.7. The zero-order valence-electron chi connectivity index (χ0n) is 8.15. The summed E-state index contributed by atoms with van der Waals surface area (Å²) in [6, 6.07) is 5.36. The number of hydrogen-bond acceptors (Lipinski definition) is 2. The molecule has 0 amide bonds. The molecule has 0 fully saturated rings. The summed E-state index contributed by atoms with van der Waals surface area (Å²) in [6.07, 6.45) is 0. The lowest BCUT2D eigenvalue weighted by atomic mass is 10.3. The van der Waals surface area contributed by atoms with Gasteiger partial charge in [0.2, 0.25) is 10.0 Å². The number of nitrogens with zero attached hydrogens (tertiary/aromatic N) is 1. The molecule has 0 atom stereocenters. The predicted octanol–water partition coefficient (Wildman–Crippen LogP) is 2.33. The van der Waals surface area contributed by atoms with E-state index in [4.69, 9.17) is 0 Å². The number of benzene rings is 1. The molecule has 0 aliphatic carbocycles. The summed E-state index contributed by atoms with van der Waals surface area (Å²) in [5, 5.41) is 0. The highest BCUT2D eigenvalue weighted by molar-refractivity contribution is 9.10. The van der Waals surface area contributed by atoms with Crippen molar-refractivity contribution in [2.75, 3.05) is 15.5 Å². The second-order valence-electron chi connectivity index (χ2n) is 2.86. The third-order valence-electron chi connectivity index (χ3n) is 1.88. The Labute approximate surface area is 97.1 Å². The molecule has 1 rings (SSSR count). The molecule has 15 heavy (non-hydrogen) atoms. The SMILES string of the molecule is CCN(c1ccc(F)cc1)S(=O)(=O)CBr. The van der Waals surface area contributed by atoms with Crippen molar-refractivity contribution in [1.82, 2.24) is 0 Å². The Kier molecular flexibility index (Phi) is 4.10. The molecule has 0 aromatic heterocycles. The average Bonchev–Trinajstić information content (AvgIpc) is 2.22. The van der Waals surface area contributed by atoms with Gasteiger partial charge in [0.25, 0.3) is 0 Å². The lowest BCUT2D eigenvalue weighted by Crippen LogP contribution is -2.31. The molecule has 1 aromatic rings. The molecular weight excluding hydrogens is 285 g/mol. The van der Waals surface area contributed by atoms with E-state index < -0.39 is 10.0 Å². The van der Waals surface area contributed by atoms with Gasteiger partial charge in [-0.05, 0) is 31.2 Å². The number of rotatable bonds is 4. The normalized spacial score (nSPS) is 11.4. The minimum atomic E-state index is -3.35. The van der Waals surface area contributed by atoms with Gasteiger partial charge in [0.05, 0.1) is 5.69 Å². The smallest absolute Gasteiger partial charge is 0.245 e. The minimum absolute atomic E-state index is 0.148. The van der Waals surface area contributed by atoms with Gasteiger partial charge in [-0.25, -0.2) is 12.8 Å². The van der Waals surface area contributed by atoms with Crippen LogP contribution in [0.25, 0.3) is 0 Å². The zero-order chi connectivity index (χ0) is 11.5. The molecule has 0 unspecified atom stereocenters. The van der Waals surface area contributed by atoms with Gasteiger partial charge in [0.1, 0.15) is 10.5 Å². The maximum absolute atomic E-state index is 12.7. The van der Waals surface area contributed by atoms with Crippen molar-refractivity contribution in [1.29, 1.82) is 0 Å². The first-order valence-corrected chi connectivity index (χ1v) is 7.06. The van der Waals surface area contributed by atoms with Crippen LogP contribution in [0.4, 0.5) is 10.1 Å². The van der Waals surface area contributed by atoms with Crippen molar-refractivity contribution >= 4 is 31.6 Å². The molecule has 0 N–H and O–H groups in total. The van der Waals surface area contributed by atoms with Crippen LogP contribution >= 0.6 is 15.9 Å². The predicted molar refractivity (Wildman–Crippen MR) is 62.1 cm³/mol. The monoisotopic (exact) mass is 295 g/mol. The van der Waals surface area contributed by atoms with Gasteiger partial charge in [-0.1, -0.05) is 15.9 Å². The van der Waals surface area contributed by atoms with Crippen LogP contribution in [-0.2, 0) is 10.0 Å². The Hall–Kier alpha value is -0.620. The van der Waals surface area contributed by atoms with Crippen molar-refractivity contribution in [3.8, 4) is 0 Å². The maximum Gasteiger partial charge on any atom is 0.245 e. The molecule has 0 aliphatic heterocycles. The van der Waals surface area contributed by atoms with Gasteiger partial charge in [-0.2, -0.15) is 0 Å². The van der Waals surface area contributed by atoms with Crippen LogP contribution in [0.5, 0.6) is 0 Å². The quantitative estimate of drug-likeness (QED) is 0.800. The average molecular weight is 296 g/mol. The van der Waals surface area contributed by atoms with E-state index in [2.05, 4.69) is 15.9 Å². The first-order valence-electron chi connectivity index (χ1n) is 4.33.